The van der Waals surface area contributed by atoms with Gasteiger partial charge in [0.1, 0.15) is 23.1 Å². The molecule has 0 atom stereocenters. The average molecular weight is 543 g/mol. The van der Waals surface area contributed by atoms with Crippen molar-refractivity contribution in [3.05, 3.63) is 96.1 Å². The zero-order valence-electron chi connectivity index (χ0n) is 25.3. The van der Waals surface area contributed by atoms with E-state index in [2.05, 4.69) is 125 Å². The molecule has 208 valence electrons. The smallest absolute Gasteiger partial charge is 0.140 e. The molecule has 0 bridgehead atoms. The molecule has 2 aromatic heterocycles. The Hall–Kier alpha value is -4.38. The van der Waals surface area contributed by atoms with Crippen LogP contribution >= 0.6 is 0 Å². The lowest BCUT2D eigenvalue weighted by Gasteiger charge is -2.18. The molecule has 0 unspecified atom stereocenters. The SMILES string of the molecule is Cn1c(-c2cccc(Oc3cccc(-c4nc5ccc(C(C)(C)C)cc5n4C)c3)c2)nc2ccc(C(C)(C)C)cc21. The van der Waals surface area contributed by atoms with Crippen LogP contribution < -0.4 is 4.74 Å². The van der Waals surface area contributed by atoms with Crippen molar-refractivity contribution in [2.24, 2.45) is 14.1 Å². The molecule has 2 heterocycles. The predicted molar refractivity (Wildman–Crippen MR) is 170 cm³/mol. The van der Waals surface area contributed by atoms with E-state index in [1.54, 1.807) is 0 Å². The van der Waals surface area contributed by atoms with Crippen molar-refractivity contribution >= 4 is 22.1 Å². The van der Waals surface area contributed by atoms with Gasteiger partial charge in [0.2, 0.25) is 0 Å². The summed E-state index contributed by atoms with van der Waals surface area (Å²) >= 11 is 0. The molecule has 6 aromatic rings. The molecule has 0 saturated heterocycles. The minimum Gasteiger partial charge on any atom is -0.457 e. The number of hydrogen-bond acceptors (Lipinski definition) is 3. The van der Waals surface area contributed by atoms with Crippen molar-refractivity contribution < 1.29 is 4.74 Å². The van der Waals surface area contributed by atoms with E-state index in [-0.39, 0.29) is 10.8 Å². The highest BCUT2D eigenvalue weighted by Crippen LogP contribution is 2.34. The van der Waals surface area contributed by atoms with Gasteiger partial charge in [-0.1, -0.05) is 77.9 Å². The minimum absolute atomic E-state index is 0.0813. The number of rotatable bonds is 4. The number of ether oxygens (including phenoxy) is 1. The van der Waals surface area contributed by atoms with Crippen LogP contribution in [-0.4, -0.2) is 19.1 Å². The third-order valence-electron chi connectivity index (χ3n) is 7.91. The summed E-state index contributed by atoms with van der Waals surface area (Å²) in [4.78, 5) is 9.91. The van der Waals surface area contributed by atoms with E-state index in [1.807, 2.05) is 24.3 Å². The van der Waals surface area contributed by atoms with E-state index in [4.69, 9.17) is 14.7 Å². The fourth-order valence-electron chi connectivity index (χ4n) is 5.36. The van der Waals surface area contributed by atoms with E-state index >= 15 is 0 Å². The van der Waals surface area contributed by atoms with Crippen molar-refractivity contribution in [3.63, 3.8) is 0 Å². The molecule has 0 aliphatic heterocycles. The van der Waals surface area contributed by atoms with Crippen LogP contribution in [0.25, 0.3) is 44.8 Å². The highest BCUT2D eigenvalue weighted by molar-refractivity contribution is 5.83. The molecule has 0 N–H and O–H groups in total. The number of imidazole rings is 2. The van der Waals surface area contributed by atoms with Crippen LogP contribution in [0.4, 0.5) is 0 Å². The van der Waals surface area contributed by atoms with E-state index in [0.29, 0.717) is 0 Å². The summed E-state index contributed by atoms with van der Waals surface area (Å²) in [6.45, 7) is 13.4. The van der Waals surface area contributed by atoms with Gasteiger partial charge in [-0.05, 0) is 70.5 Å². The summed E-state index contributed by atoms with van der Waals surface area (Å²) in [5, 5.41) is 0. The van der Waals surface area contributed by atoms with E-state index in [1.165, 1.54) is 11.1 Å². The topological polar surface area (TPSA) is 44.9 Å². The standard InChI is InChI=1S/C36H38N4O/c1-35(2,3)25-15-17-29-31(21-25)39(7)33(37-29)23-11-9-13-27(19-23)41-28-14-10-12-24(20-28)34-38-30-18-16-26(36(4,5)6)22-32(30)40(34)8/h9-22H,1-8H3. The molecule has 0 amide bonds. The maximum Gasteiger partial charge on any atom is 0.140 e. The van der Waals surface area contributed by atoms with Crippen molar-refractivity contribution in [1.82, 2.24) is 19.1 Å². The normalized spacial score (nSPS) is 12.4. The van der Waals surface area contributed by atoms with Gasteiger partial charge in [0.15, 0.2) is 0 Å². The molecular formula is C36H38N4O. The Morgan fingerprint density at radius 1 is 0.537 bits per heavy atom. The highest BCUT2D eigenvalue weighted by atomic mass is 16.5. The van der Waals surface area contributed by atoms with E-state index in [9.17, 15) is 0 Å². The molecule has 0 radical (unpaired) electrons. The first-order valence-corrected chi connectivity index (χ1v) is 14.2. The summed E-state index contributed by atoms with van der Waals surface area (Å²) < 4.78 is 10.7. The second-order valence-electron chi connectivity index (χ2n) is 13.1. The van der Waals surface area contributed by atoms with Crippen LogP contribution in [0.1, 0.15) is 52.7 Å². The van der Waals surface area contributed by atoms with E-state index in [0.717, 1.165) is 56.3 Å². The van der Waals surface area contributed by atoms with Crippen LogP contribution in [0.2, 0.25) is 0 Å². The summed E-state index contributed by atoms with van der Waals surface area (Å²) in [6, 6.07) is 29.4. The fourth-order valence-corrected chi connectivity index (χ4v) is 5.36. The minimum atomic E-state index is 0.0813. The Labute approximate surface area is 242 Å². The van der Waals surface area contributed by atoms with Gasteiger partial charge in [0.05, 0.1) is 22.1 Å². The molecule has 5 nitrogen and oxygen atoms in total. The summed E-state index contributed by atoms with van der Waals surface area (Å²) in [7, 11) is 4.16. The van der Waals surface area contributed by atoms with Crippen molar-refractivity contribution in [1.29, 1.82) is 0 Å². The van der Waals surface area contributed by atoms with Crippen LogP contribution in [-0.2, 0) is 24.9 Å². The Bertz CT molecular complexity index is 1770. The lowest BCUT2D eigenvalue weighted by molar-refractivity contribution is 0.483. The van der Waals surface area contributed by atoms with Crippen LogP contribution in [0.15, 0.2) is 84.9 Å². The molecule has 0 saturated carbocycles. The molecule has 6 rings (SSSR count). The Morgan fingerprint density at radius 2 is 0.951 bits per heavy atom. The van der Waals surface area contributed by atoms with Gasteiger partial charge in [-0.2, -0.15) is 0 Å². The first kappa shape index (κ1) is 26.8. The Morgan fingerprint density at radius 3 is 1.34 bits per heavy atom. The monoisotopic (exact) mass is 542 g/mol. The second-order valence-corrected chi connectivity index (χ2v) is 13.1. The fraction of sp³-hybridized carbons (Fsp3) is 0.278. The first-order chi connectivity index (χ1) is 19.4. The van der Waals surface area contributed by atoms with Gasteiger partial charge in [-0.15, -0.1) is 0 Å². The number of hydrogen-bond donors (Lipinski definition) is 0. The highest BCUT2D eigenvalue weighted by Gasteiger charge is 2.19. The molecule has 41 heavy (non-hydrogen) atoms. The maximum absolute atomic E-state index is 6.38. The van der Waals surface area contributed by atoms with Crippen LogP contribution in [0, 0.1) is 0 Å². The first-order valence-electron chi connectivity index (χ1n) is 14.2. The summed E-state index contributed by atoms with van der Waals surface area (Å²) in [5.74, 6) is 3.36. The zero-order chi connectivity index (χ0) is 29.1. The lowest BCUT2D eigenvalue weighted by atomic mass is 9.87. The second kappa shape index (κ2) is 9.62. The average Bonchev–Trinajstić information content (AvgIpc) is 3.44. The maximum atomic E-state index is 6.38. The predicted octanol–water partition coefficient (Wildman–Crippen LogP) is 9.18. The van der Waals surface area contributed by atoms with Gasteiger partial charge in [-0.3, -0.25) is 0 Å². The summed E-state index contributed by atoms with van der Waals surface area (Å²) in [5.41, 5.74) is 9.03. The largest absolute Gasteiger partial charge is 0.457 e. The van der Waals surface area contributed by atoms with Gasteiger partial charge in [0.25, 0.3) is 0 Å². The van der Waals surface area contributed by atoms with Crippen molar-refractivity contribution in [3.8, 4) is 34.3 Å². The van der Waals surface area contributed by atoms with Crippen molar-refractivity contribution in [2.45, 2.75) is 52.4 Å². The molecule has 5 heteroatoms. The number of aromatic nitrogens is 4. The Balaban J connectivity index is 1.31. The van der Waals surface area contributed by atoms with Gasteiger partial charge < -0.3 is 13.9 Å². The zero-order valence-corrected chi connectivity index (χ0v) is 25.3. The van der Waals surface area contributed by atoms with Crippen LogP contribution in [0.5, 0.6) is 11.5 Å². The van der Waals surface area contributed by atoms with Gasteiger partial charge in [-0.25, -0.2) is 9.97 Å². The number of fused-ring (bicyclic) bond motifs is 2. The summed E-state index contributed by atoms with van der Waals surface area (Å²) in [6.07, 6.45) is 0. The Kier molecular flexibility index (Phi) is 6.29. The third-order valence-corrected chi connectivity index (χ3v) is 7.91. The lowest BCUT2D eigenvalue weighted by Crippen LogP contribution is -2.10. The number of nitrogens with zero attached hydrogens (tertiary/aromatic N) is 4. The van der Waals surface area contributed by atoms with Crippen LogP contribution in [0.3, 0.4) is 0 Å². The molecular weight excluding hydrogens is 504 g/mol. The van der Waals surface area contributed by atoms with E-state index < -0.39 is 0 Å². The third kappa shape index (κ3) is 5.01. The van der Waals surface area contributed by atoms with Crippen molar-refractivity contribution in [2.75, 3.05) is 0 Å². The number of benzene rings is 4. The van der Waals surface area contributed by atoms with Gasteiger partial charge in [0, 0.05) is 25.2 Å². The molecule has 0 aliphatic carbocycles. The molecule has 0 fully saturated rings. The molecule has 0 aliphatic rings. The quantitative estimate of drug-likeness (QED) is 0.223. The number of aryl methyl sites for hydroxylation is 2. The molecule has 0 spiro atoms. The molecule has 4 aromatic carbocycles. The van der Waals surface area contributed by atoms with Gasteiger partial charge >= 0.3 is 0 Å².